The highest BCUT2D eigenvalue weighted by molar-refractivity contribution is 5.64. The van der Waals surface area contributed by atoms with Gasteiger partial charge in [-0.05, 0) is 23.3 Å². The first-order chi connectivity index (χ1) is 7.40. The van der Waals surface area contributed by atoms with Gasteiger partial charge in [-0.1, -0.05) is 42.5 Å². The number of hydrogen-bond donors (Lipinski definition) is 1. The summed E-state index contributed by atoms with van der Waals surface area (Å²) < 4.78 is 0. The highest BCUT2D eigenvalue weighted by Crippen LogP contribution is 2.22. The lowest BCUT2D eigenvalue weighted by Crippen LogP contribution is -1.75. The van der Waals surface area contributed by atoms with E-state index in [2.05, 4.69) is 10.4 Å². The first-order valence-electron chi connectivity index (χ1n) is 4.61. The van der Waals surface area contributed by atoms with Crippen molar-refractivity contribution in [2.24, 2.45) is 10.4 Å². The molecule has 2 aromatic rings. The molecule has 0 amide bonds. The van der Waals surface area contributed by atoms with E-state index in [1.54, 1.807) is 0 Å². The Morgan fingerprint density at radius 3 is 1.93 bits per heavy atom. The molecule has 0 saturated carbocycles. The van der Waals surface area contributed by atoms with Crippen molar-refractivity contribution in [2.45, 2.75) is 0 Å². The Balaban J connectivity index is 2.32. The lowest BCUT2D eigenvalue weighted by atomic mass is 10.1. The molecule has 0 spiro atoms. The Morgan fingerprint density at radius 2 is 1.33 bits per heavy atom. The molecular formula is C12H10N2O. The zero-order valence-electron chi connectivity index (χ0n) is 8.04. The van der Waals surface area contributed by atoms with Gasteiger partial charge in [0, 0.05) is 5.28 Å². The van der Waals surface area contributed by atoms with Gasteiger partial charge < -0.3 is 5.21 Å². The summed E-state index contributed by atoms with van der Waals surface area (Å²) in [5.41, 5.74) is 2.91. The van der Waals surface area contributed by atoms with Crippen molar-refractivity contribution in [3.63, 3.8) is 0 Å². The van der Waals surface area contributed by atoms with Crippen molar-refractivity contribution >= 4 is 5.69 Å². The summed E-state index contributed by atoms with van der Waals surface area (Å²) in [4.78, 5) is 0. The smallest absolute Gasteiger partial charge is 0.0889 e. The van der Waals surface area contributed by atoms with Crippen LogP contribution in [0.15, 0.2) is 65.0 Å². The van der Waals surface area contributed by atoms with Crippen molar-refractivity contribution < 1.29 is 5.21 Å². The zero-order valence-corrected chi connectivity index (χ0v) is 8.04. The molecule has 0 saturated heterocycles. The van der Waals surface area contributed by atoms with Crippen LogP contribution in [0.1, 0.15) is 0 Å². The SMILES string of the molecule is ON=Nc1ccc(-c2ccccc2)cc1. The standard InChI is InChI=1S/C12H10N2O/c15-14-13-12-8-6-11(7-9-12)10-4-2-1-3-5-10/h1-9H,(H,13,15). The monoisotopic (exact) mass is 198 g/mol. The Kier molecular flexibility index (Phi) is 2.74. The number of nitrogens with zero attached hydrogens (tertiary/aromatic N) is 2. The lowest BCUT2D eigenvalue weighted by Gasteiger charge is -2.00. The van der Waals surface area contributed by atoms with Gasteiger partial charge in [-0.25, -0.2) is 0 Å². The van der Waals surface area contributed by atoms with Crippen LogP contribution in [0.3, 0.4) is 0 Å². The molecule has 0 fully saturated rings. The van der Waals surface area contributed by atoms with Crippen LogP contribution in [0.4, 0.5) is 5.69 Å². The largest absolute Gasteiger partial charge is 0.394 e. The molecule has 0 aliphatic heterocycles. The van der Waals surface area contributed by atoms with Crippen molar-refractivity contribution in [3.8, 4) is 11.1 Å². The first kappa shape index (κ1) is 9.40. The molecule has 3 nitrogen and oxygen atoms in total. The van der Waals surface area contributed by atoms with E-state index in [1.807, 2.05) is 54.6 Å². The summed E-state index contributed by atoms with van der Waals surface area (Å²) in [6.07, 6.45) is 0. The second-order valence-corrected chi connectivity index (χ2v) is 3.10. The lowest BCUT2D eigenvalue weighted by molar-refractivity contribution is 0.289. The molecule has 0 aliphatic rings. The van der Waals surface area contributed by atoms with Crippen LogP contribution in [-0.2, 0) is 0 Å². The van der Waals surface area contributed by atoms with Crippen molar-refractivity contribution in [1.82, 2.24) is 0 Å². The minimum Gasteiger partial charge on any atom is -0.394 e. The van der Waals surface area contributed by atoms with Crippen molar-refractivity contribution in [2.75, 3.05) is 0 Å². The maximum Gasteiger partial charge on any atom is 0.0889 e. The predicted octanol–water partition coefficient (Wildman–Crippen LogP) is 3.83. The maximum absolute atomic E-state index is 8.26. The third-order valence-corrected chi connectivity index (χ3v) is 2.13. The van der Waals surface area contributed by atoms with E-state index in [0.29, 0.717) is 5.69 Å². The van der Waals surface area contributed by atoms with E-state index in [-0.39, 0.29) is 0 Å². The predicted molar refractivity (Wildman–Crippen MR) is 58.2 cm³/mol. The van der Waals surface area contributed by atoms with Gasteiger partial charge in [0.2, 0.25) is 0 Å². The van der Waals surface area contributed by atoms with Gasteiger partial charge >= 0.3 is 0 Å². The van der Waals surface area contributed by atoms with Crippen molar-refractivity contribution in [3.05, 3.63) is 54.6 Å². The molecule has 0 aromatic heterocycles. The fraction of sp³-hybridized carbons (Fsp3) is 0. The van der Waals surface area contributed by atoms with Gasteiger partial charge in [-0.3, -0.25) is 0 Å². The second-order valence-electron chi connectivity index (χ2n) is 3.10. The van der Waals surface area contributed by atoms with Crippen LogP contribution >= 0.6 is 0 Å². The Morgan fingerprint density at radius 1 is 0.733 bits per heavy atom. The second kappa shape index (κ2) is 4.37. The summed E-state index contributed by atoms with van der Waals surface area (Å²) in [7, 11) is 0. The first-order valence-corrected chi connectivity index (χ1v) is 4.61. The molecule has 0 bridgehead atoms. The molecule has 0 unspecified atom stereocenters. The third kappa shape index (κ3) is 2.20. The molecule has 15 heavy (non-hydrogen) atoms. The van der Waals surface area contributed by atoms with Crippen LogP contribution in [0, 0.1) is 0 Å². The van der Waals surface area contributed by atoms with Gasteiger partial charge in [0.15, 0.2) is 0 Å². The quantitative estimate of drug-likeness (QED) is 0.578. The Bertz CT molecular complexity index is 449. The van der Waals surface area contributed by atoms with E-state index < -0.39 is 0 Å². The van der Waals surface area contributed by atoms with Crippen LogP contribution in [0.5, 0.6) is 0 Å². The Labute approximate surface area is 87.7 Å². The normalized spacial score (nSPS) is 10.7. The summed E-state index contributed by atoms with van der Waals surface area (Å²) in [5, 5.41) is 14.5. The fourth-order valence-electron chi connectivity index (χ4n) is 1.40. The van der Waals surface area contributed by atoms with E-state index >= 15 is 0 Å². The molecule has 0 radical (unpaired) electrons. The molecule has 0 heterocycles. The topological polar surface area (TPSA) is 45.0 Å². The number of benzene rings is 2. The summed E-state index contributed by atoms with van der Waals surface area (Å²) in [6, 6.07) is 17.6. The summed E-state index contributed by atoms with van der Waals surface area (Å²) >= 11 is 0. The fourth-order valence-corrected chi connectivity index (χ4v) is 1.40. The van der Waals surface area contributed by atoms with E-state index in [4.69, 9.17) is 5.21 Å². The number of hydrogen-bond acceptors (Lipinski definition) is 2. The van der Waals surface area contributed by atoms with E-state index in [9.17, 15) is 0 Å². The minimum atomic E-state index is 0.636. The third-order valence-electron chi connectivity index (χ3n) is 2.13. The van der Waals surface area contributed by atoms with Crippen LogP contribution < -0.4 is 0 Å². The van der Waals surface area contributed by atoms with Crippen LogP contribution in [0.25, 0.3) is 11.1 Å². The van der Waals surface area contributed by atoms with Gasteiger partial charge in [0.25, 0.3) is 0 Å². The molecule has 0 atom stereocenters. The van der Waals surface area contributed by atoms with E-state index in [1.165, 1.54) is 0 Å². The van der Waals surface area contributed by atoms with E-state index in [0.717, 1.165) is 11.1 Å². The zero-order chi connectivity index (χ0) is 10.5. The average Bonchev–Trinajstić information content (AvgIpc) is 2.32. The van der Waals surface area contributed by atoms with Gasteiger partial charge in [0.1, 0.15) is 0 Å². The average molecular weight is 198 g/mol. The highest BCUT2D eigenvalue weighted by Gasteiger charge is 1.95. The molecule has 2 rings (SSSR count). The van der Waals surface area contributed by atoms with Gasteiger partial charge in [-0.15, -0.1) is 5.11 Å². The van der Waals surface area contributed by atoms with Gasteiger partial charge in [0.05, 0.1) is 5.69 Å². The maximum atomic E-state index is 8.26. The molecular weight excluding hydrogens is 188 g/mol. The van der Waals surface area contributed by atoms with Crippen molar-refractivity contribution in [1.29, 1.82) is 0 Å². The van der Waals surface area contributed by atoms with Gasteiger partial charge in [-0.2, -0.15) is 0 Å². The van der Waals surface area contributed by atoms with Crippen LogP contribution in [-0.4, -0.2) is 5.21 Å². The molecule has 3 heteroatoms. The summed E-state index contributed by atoms with van der Waals surface area (Å²) in [5.74, 6) is 0. The molecule has 2 aromatic carbocycles. The molecule has 1 N–H and O–H groups in total. The molecule has 0 aliphatic carbocycles. The van der Waals surface area contributed by atoms with Crippen LogP contribution in [0.2, 0.25) is 0 Å². The highest BCUT2D eigenvalue weighted by atomic mass is 16.5. The summed E-state index contributed by atoms with van der Waals surface area (Å²) in [6.45, 7) is 0. The minimum absolute atomic E-state index is 0.636. The number of rotatable bonds is 2. The molecule has 74 valence electrons. The Hall–Kier alpha value is -2.16.